The van der Waals surface area contributed by atoms with Crippen LogP contribution in [-0.4, -0.2) is 38.8 Å². The van der Waals surface area contributed by atoms with Crippen LogP contribution in [-0.2, 0) is 0 Å². The van der Waals surface area contributed by atoms with E-state index >= 15 is 0 Å². The minimum absolute atomic E-state index is 0.237. The quantitative estimate of drug-likeness (QED) is 0.788. The summed E-state index contributed by atoms with van der Waals surface area (Å²) in [5.41, 5.74) is 0.827. The molecular weight excluding hydrogens is 220 g/mol. The highest BCUT2D eigenvalue weighted by atomic mass is 16.4. The summed E-state index contributed by atoms with van der Waals surface area (Å²) < 4.78 is 1.87. The van der Waals surface area contributed by atoms with Crippen molar-refractivity contribution in [3.63, 3.8) is 0 Å². The molecule has 0 radical (unpaired) electrons. The molecule has 0 amide bonds. The van der Waals surface area contributed by atoms with Crippen LogP contribution in [0.1, 0.15) is 28.5 Å². The van der Waals surface area contributed by atoms with Gasteiger partial charge in [0.15, 0.2) is 5.65 Å². The van der Waals surface area contributed by atoms with Crippen molar-refractivity contribution < 1.29 is 9.90 Å². The lowest BCUT2D eigenvalue weighted by atomic mass is 10.1. The summed E-state index contributed by atoms with van der Waals surface area (Å²) in [7, 11) is 0. The average Bonchev–Trinajstić information content (AvgIpc) is 2.96. The molecule has 0 aromatic carbocycles. The second kappa shape index (κ2) is 3.81. The van der Waals surface area contributed by atoms with E-state index in [0.29, 0.717) is 11.6 Å². The van der Waals surface area contributed by atoms with E-state index in [1.807, 2.05) is 4.40 Å². The van der Waals surface area contributed by atoms with Gasteiger partial charge < -0.3 is 10.4 Å². The maximum Gasteiger partial charge on any atom is 0.335 e. The van der Waals surface area contributed by atoms with Crippen LogP contribution in [0.3, 0.4) is 0 Å². The van der Waals surface area contributed by atoms with Crippen molar-refractivity contribution in [3.8, 4) is 0 Å². The normalized spacial score (nSPS) is 19.9. The Morgan fingerprint density at radius 1 is 1.53 bits per heavy atom. The maximum absolute atomic E-state index is 10.8. The van der Waals surface area contributed by atoms with Gasteiger partial charge in [-0.3, -0.25) is 4.40 Å². The molecule has 17 heavy (non-hydrogen) atoms. The molecule has 2 aromatic rings. The lowest BCUT2D eigenvalue weighted by Gasteiger charge is -2.05. The summed E-state index contributed by atoms with van der Waals surface area (Å²) in [4.78, 5) is 10.8. The summed E-state index contributed by atoms with van der Waals surface area (Å²) in [6.07, 6.45) is 2.77. The number of pyridine rings is 1. The minimum atomic E-state index is -0.945. The molecule has 0 aliphatic carbocycles. The molecule has 1 aliphatic rings. The molecule has 6 heteroatoms. The van der Waals surface area contributed by atoms with Crippen LogP contribution in [0.25, 0.3) is 5.65 Å². The second-order valence-corrected chi connectivity index (χ2v) is 4.20. The third kappa shape index (κ3) is 1.66. The van der Waals surface area contributed by atoms with Crippen molar-refractivity contribution in [3.05, 3.63) is 29.7 Å². The molecule has 2 N–H and O–H groups in total. The molecule has 1 unspecified atom stereocenters. The first-order valence-corrected chi connectivity index (χ1v) is 5.54. The molecule has 3 heterocycles. The molecule has 6 nitrogen and oxygen atoms in total. The van der Waals surface area contributed by atoms with Crippen molar-refractivity contribution in [2.75, 3.05) is 13.1 Å². The summed E-state index contributed by atoms with van der Waals surface area (Å²) >= 11 is 0. The van der Waals surface area contributed by atoms with E-state index < -0.39 is 5.97 Å². The zero-order chi connectivity index (χ0) is 11.8. The summed E-state index contributed by atoms with van der Waals surface area (Å²) in [6, 6.07) is 3.12. The average molecular weight is 232 g/mol. The number of hydrogen-bond donors (Lipinski definition) is 2. The Bertz CT molecular complexity index is 572. The summed E-state index contributed by atoms with van der Waals surface area (Å²) in [6.45, 7) is 1.90. The van der Waals surface area contributed by atoms with Crippen LogP contribution in [0, 0.1) is 0 Å². The highest BCUT2D eigenvalue weighted by Gasteiger charge is 2.22. The van der Waals surface area contributed by atoms with Gasteiger partial charge in [0.25, 0.3) is 0 Å². The van der Waals surface area contributed by atoms with E-state index in [1.165, 1.54) is 0 Å². The molecule has 0 saturated carbocycles. The predicted octanol–water partition coefficient (Wildman–Crippen LogP) is 0.504. The van der Waals surface area contributed by atoms with E-state index in [0.717, 1.165) is 25.3 Å². The first-order valence-electron chi connectivity index (χ1n) is 5.54. The molecular formula is C11H12N4O2. The fraction of sp³-hybridized carbons (Fsp3) is 0.364. The zero-order valence-corrected chi connectivity index (χ0v) is 9.13. The number of rotatable bonds is 2. The van der Waals surface area contributed by atoms with Crippen LogP contribution in [0.2, 0.25) is 0 Å². The molecule has 0 spiro atoms. The lowest BCUT2D eigenvalue weighted by molar-refractivity contribution is 0.0697. The summed E-state index contributed by atoms with van der Waals surface area (Å²) in [5.74, 6) is 0.321. The zero-order valence-electron chi connectivity index (χ0n) is 9.13. The number of aromatic nitrogens is 3. The summed E-state index contributed by atoms with van der Waals surface area (Å²) in [5, 5.41) is 20.4. The Morgan fingerprint density at radius 3 is 3.12 bits per heavy atom. The first-order chi connectivity index (χ1) is 8.25. The third-order valence-corrected chi connectivity index (χ3v) is 3.11. The van der Waals surface area contributed by atoms with Gasteiger partial charge in [0.05, 0.1) is 5.56 Å². The number of nitrogens with one attached hydrogen (secondary N) is 1. The highest BCUT2D eigenvalue weighted by Crippen LogP contribution is 2.21. The Morgan fingerprint density at radius 2 is 2.41 bits per heavy atom. The van der Waals surface area contributed by atoms with E-state index in [1.54, 1.807) is 18.3 Å². The minimum Gasteiger partial charge on any atom is -0.478 e. The molecule has 88 valence electrons. The van der Waals surface area contributed by atoms with E-state index in [-0.39, 0.29) is 5.56 Å². The molecule has 1 fully saturated rings. The van der Waals surface area contributed by atoms with Gasteiger partial charge in [-0.1, -0.05) is 0 Å². The van der Waals surface area contributed by atoms with Gasteiger partial charge >= 0.3 is 5.97 Å². The standard InChI is InChI=1S/C11H12N4O2/c16-11(17)7-2-4-15-9(5-7)13-14-10(15)8-1-3-12-6-8/h2,4-5,8,12H,1,3,6H2,(H,16,17). The van der Waals surface area contributed by atoms with Crippen molar-refractivity contribution in [1.29, 1.82) is 0 Å². The van der Waals surface area contributed by atoms with Crippen molar-refractivity contribution >= 4 is 11.6 Å². The predicted molar refractivity (Wildman–Crippen MR) is 60.2 cm³/mol. The first kappa shape index (κ1) is 10.2. The number of aromatic carboxylic acids is 1. The Hall–Kier alpha value is -1.95. The fourth-order valence-corrected chi connectivity index (χ4v) is 2.20. The Balaban J connectivity index is 2.07. The van der Waals surface area contributed by atoms with E-state index in [4.69, 9.17) is 5.11 Å². The lowest BCUT2D eigenvalue weighted by Crippen LogP contribution is -2.10. The number of carbonyl (C=O) groups is 1. The number of carboxylic acid groups (broad SMARTS) is 1. The van der Waals surface area contributed by atoms with Gasteiger partial charge in [0.2, 0.25) is 0 Å². The van der Waals surface area contributed by atoms with Crippen LogP contribution in [0.15, 0.2) is 18.3 Å². The monoisotopic (exact) mass is 232 g/mol. The molecule has 3 rings (SSSR count). The van der Waals surface area contributed by atoms with Crippen LogP contribution in [0.5, 0.6) is 0 Å². The molecule has 1 aliphatic heterocycles. The number of nitrogens with zero attached hydrogens (tertiary/aromatic N) is 3. The smallest absolute Gasteiger partial charge is 0.335 e. The van der Waals surface area contributed by atoms with E-state index in [2.05, 4.69) is 15.5 Å². The molecule has 1 atom stereocenters. The number of hydrogen-bond acceptors (Lipinski definition) is 4. The van der Waals surface area contributed by atoms with Gasteiger partial charge in [0, 0.05) is 18.7 Å². The highest BCUT2D eigenvalue weighted by molar-refractivity contribution is 5.88. The van der Waals surface area contributed by atoms with Gasteiger partial charge in [-0.25, -0.2) is 4.79 Å². The maximum atomic E-state index is 10.8. The Labute approximate surface area is 97.3 Å². The SMILES string of the molecule is O=C(O)c1ccn2c(C3CCNC3)nnc2c1. The Kier molecular flexibility index (Phi) is 2.29. The van der Waals surface area contributed by atoms with Crippen molar-refractivity contribution in [2.45, 2.75) is 12.3 Å². The molecule has 0 bridgehead atoms. The van der Waals surface area contributed by atoms with Crippen LogP contribution in [0.4, 0.5) is 0 Å². The van der Waals surface area contributed by atoms with Crippen molar-refractivity contribution in [1.82, 2.24) is 19.9 Å². The van der Waals surface area contributed by atoms with E-state index in [9.17, 15) is 4.79 Å². The topological polar surface area (TPSA) is 79.5 Å². The fourth-order valence-electron chi connectivity index (χ4n) is 2.20. The van der Waals surface area contributed by atoms with Crippen LogP contribution >= 0.6 is 0 Å². The third-order valence-electron chi connectivity index (χ3n) is 3.11. The van der Waals surface area contributed by atoms with Gasteiger partial charge in [-0.2, -0.15) is 0 Å². The second-order valence-electron chi connectivity index (χ2n) is 4.20. The number of carboxylic acids is 1. The van der Waals surface area contributed by atoms with Gasteiger partial charge in [0.1, 0.15) is 5.82 Å². The van der Waals surface area contributed by atoms with Gasteiger partial charge in [-0.05, 0) is 25.1 Å². The molecule has 2 aromatic heterocycles. The van der Waals surface area contributed by atoms with Crippen LogP contribution < -0.4 is 5.32 Å². The van der Waals surface area contributed by atoms with Gasteiger partial charge in [-0.15, -0.1) is 10.2 Å². The number of fused-ring (bicyclic) bond motifs is 1. The van der Waals surface area contributed by atoms with Crippen molar-refractivity contribution in [2.24, 2.45) is 0 Å². The molecule has 1 saturated heterocycles. The largest absolute Gasteiger partial charge is 0.478 e.